The molecule has 0 radical (unpaired) electrons. The summed E-state index contributed by atoms with van der Waals surface area (Å²) in [5.74, 6) is -0.0445. The van der Waals surface area contributed by atoms with Crippen LogP contribution >= 0.6 is 11.3 Å². The lowest BCUT2D eigenvalue weighted by atomic mass is 9.96. The maximum atomic E-state index is 13.0. The van der Waals surface area contributed by atoms with Gasteiger partial charge in [0.2, 0.25) is 5.78 Å². The first-order valence-electron chi connectivity index (χ1n) is 8.98. The van der Waals surface area contributed by atoms with E-state index in [0.717, 1.165) is 46.3 Å². The molecule has 0 spiro atoms. The Labute approximate surface area is 160 Å². The number of pyridine rings is 2. The third-order valence-electron chi connectivity index (χ3n) is 5.11. The van der Waals surface area contributed by atoms with Gasteiger partial charge in [0, 0.05) is 29.0 Å². The highest BCUT2D eigenvalue weighted by Crippen LogP contribution is 2.44. The minimum atomic E-state index is -0.0445. The van der Waals surface area contributed by atoms with Crippen molar-refractivity contribution in [3.63, 3.8) is 0 Å². The van der Waals surface area contributed by atoms with Crippen molar-refractivity contribution in [2.75, 3.05) is 5.73 Å². The highest BCUT2D eigenvalue weighted by atomic mass is 32.1. The molecule has 0 unspecified atom stereocenters. The maximum Gasteiger partial charge on any atom is 0.205 e. The molecule has 4 nitrogen and oxygen atoms in total. The number of thiophene rings is 1. The molecule has 4 aromatic rings. The van der Waals surface area contributed by atoms with Crippen molar-refractivity contribution < 1.29 is 4.79 Å². The number of ketones is 1. The number of nitrogens with zero attached hydrogens (tertiary/aromatic N) is 2. The van der Waals surface area contributed by atoms with Gasteiger partial charge < -0.3 is 5.73 Å². The summed E-state index contributed by atoms with van der Waals surface area (Å²) >= 11 is 1.40. The number of aryl methyl sites for hydroxylation is 1. The molecule has 0 saturated heterocycles. The lowest BCUT2D eigenvalue weighted by molar-refractivity contribution is 0.104. The average molecular weight is 371 g/mol. The van der Waals surface area contributed by atoms with E-state index in [1.165, 1.54) is 16.9 Å². The summed E-state index contributed by atoms with van der Waals surface area (Å²) < 4.78 is 0. The van der Waals surface area contributed by atoms with Gasteiger partial charge in [-0.05, 0) is 48.1 Å². The van der Waals surface area contributed by atoms with Crippen molar-refractivity contribution in [3.8, 4) is 11.1 Å². The van der Waals surface area contributed by atoms with Gasteiger partial charge in [-0.25, -0.2) is 4.98 Å². The summed E-state index contributed by atoms with van der Waals surface area (Å²) in [6, 6.07) is 13.3. The number of nitrogens with two attached hydrogens (primary N) is 1. The molecule has 0 aliphatic heterocycles. The van der Waals surface area contributed by atoms with Crippen molar-refractivity contribution in [1.82, 2.24) is 9.97 Å². The number of carbonyl (C=O) groups is 1. The second-order valence-electron chi connectivity index (χ2n) is 6.72. The van der Waals surface area contributed by atoms with E-state index in [0.29, 0.717) is 16.1 Å². The average Bonchev–Trinajstić information content (AvgIpc) is 3.31. The number of anilines is 1. The van der Waals surface area contributed by atoms with Crippen LogP contribution in [0.4, 0.5) is 5.69 Å². The minimum Gasteiger partial charge on any atom is -0.397 e. The van der Waals surface area contributed by atoms with E-state index in [9.17, 15) is 4.79 Å². The van der Waals surface area contributed by atoms with E-state index in [4.69, 9.17) is 10.7 Å². The third-order valence-corrected chi connectivity index (χ3v) is 6.21. The smallest absolute Gasteiger partial charge is 0.205 e. The fourth-order valence-corrected chi connectivity index (χ4v) is 4.96. The lowest BCUT2D eigenvalue weighted by Gasteiger charge is -2.11. The number of benzene rings is 1. The highest BCUT2D eigenvalue weighted by molar-refractivity contribution is 7.21. The van der Waals surface area contributed by atoms with Crippen LogP contribution in [0.1, 0.15) is 32.9 Å². The fraction of sp³-hybridized carbons (Fsp3) is 0.136. The molecular formula is C22H17N3OS. The number of hydrogen-bond donors (Lipinski definition) is 1. The number of aromatic nitrogens is 2. The fourth-order valence-electron chi connectivity index (χ4n) is 3.87. The van der Waals surface area contributed by atoms with Crippen molar-refractivity contribution >= 4 is 33.0 Å². The van der Waals surface area contributed by atoms with Crippen LogP contribution in [-0.4, -0.2) is 15.8 Å². The number of hydrogen-bond acceptors (Lipinski definition) is 5. The Morgan fingerprint density at radius 1 is 1.04 bits per heavy atom. The molecular weight excluding hydrogens is 354 g/mol. The molecule has 1 aromatic carbocycles. The van der Waals surface area contributed by atoms with E-state index < -0.39 is 0 Å². The van der Waals surface area contributed by atoms with Gasteiger partial charge >= 0.3 is 0 Å². The lowest BCUT2D eigenvalue weighted by Crippen LogP contribution is -2.02. The zero-order valence-corrected chi connectivity index (χ0v) is 15.4. The predicted molar refractivity (Wildman–Crippen MR) is 109 cm³/mol. The summed E-state index contributed by atoms with van der Waals surface area (Å²) in [5, 5.41) is 0.908. The van der Waals surface area contributed by atoms with Gasteiger partial charge in [-0.3, -0.25) is 9.78 Å². The molecule has 132 valence electrons. The largest absolute Gasteiger partial charge is 0.397 e. The normalized spacial score (nSPS) is 13.0. The van der Waals surface area contributed by atoms with Crippen LogP contribution < -0.4 is 5.73 Å². The standard InChI is InChI=1S/C22H17N3OS/c23-19-18-17(13-9-11-24-12-10-13)15-7-4-8-16(15)25-22(18)27-21(19)20(26)14-5-2-1-3-6-14/h1-3,5-6,9-12H,4,7-8,23H2. The van der Waals surface area contributed by atoms with E-state index >= 15 is 0 Å². The predicted octanol–water partition coefficient (Wildman–Crippen LogP) is 4.66. The maximum absolute atomic E-state index is 13.0. The van der Waals surface area contributed by atoms with Crippen LogP contribution in [0, 0.1) is 0 Å². The number of carbonyl (C=O) groups excluding carboxylic acids is 1. The Morgan fingerprint density at radius 2 is 1.81 bits per heavy atom. The molecule has 5 heteroatoms. The molecule has 0 bridgehead atoms. The molecule has 0 atom stereocenters. The van der Waals surface area contributed by atoms with Crippen LogP contribution in [0.3, 0.4) is 0 Å². The van der Waals surface area contributed by atoms with Crippen molar-refractivity contribution in [2.24, 2.45) is 0 Å². The van der Waals surface area contributed by atoms with Gasteiger partial charge in [0.15, 0.2) is 0 Å². The Hall–Kier alpha value is -3.05. The topological polar surface area (TPSA) is 68.9 Å². The van der Waals surface area contributed by atoms with Crippen molar-refractivity contribution in [2.45, 2.75) is 19.3 Å². The molecule has 3 aromatic heterocycles. The zero-order chi connectivity index (χ0) is 18.4. The van der Waals surface area contributed by atoms with Gasteiger partial charge in [-0.2, -0.15) is 0 Å². The first-order chi connectivity index (χ1) is 13.2. The van der Waals surface area contributed by atoms with Crippen molar-refractivity contribution in [1.29, 1.82) is 0 Å². The minimum absolute atomic E-state index is 0.0445. The van der Waals surface area contributed by atoms with Gasteiger partial charge in [-0.1, -0.05) is 30.3 Å². The Balaban J connectivity index is 1.79. The first kappa shape index (κ1) is 16.1. The third kappa shape index (κ3) is 2.54. The zero-order valence-electron chi connectivity index (χ0n) is 14.6. The Bertz CT molecular complexity index is 1170. The van der Waals surface area contributed by atoms with E-state index in [1.807, 2.05) is 42.5 Å². The molecule has 0 fully saturated rings. The molecule has 5 rings (SSSR count). The Morgan fingerprint density at radius 3 is 2.59 bits per heavy atom. The first-order valence-corrected chi connectivity index (χ1v) is 9.79. The van der Waals surface area contributed by atoms with Gasteiger partial charge in [0.25, 0.3) is 0 Å². The Kier molecular flexibility index (Phi) is 3.76. The highest BCUT2D eigenvalue weighted by Gasteiger charge is 2.26. The SMILES string of the molecule is Nc1c(C(=O)c2ccccc2)sc2nc3c(c(-c4ccncc4)c12)CCC3. The van der Waals surface area contributed by atoms with E-state index in [-0.39, 0.29) is 5.78 Å². The molecule has 0 saturated carbocycles. The van der Waals surface area contributed by atoms with Crippen LogP contribution in [0.2, 0.25) is 0 Å². The van der Waals surface area contributed by atoms with Gasteiger partial charge in [0.1, 0.15) is 9.71 Å². The van der Waals surface area contributed by atoms with E-state index in [1.54, 1.807) is 12.4 Å². The molecule has 0 amide bonds. The number of nitrogen functional groups attached to an aromatic ring is 1. The second-order valence-corrected chi connectivity index (χ2v) is 7.72. The molecule has 2 N–H and O–H groups in total. The number of fused-ring (bicyclic) bond motifs is 2. The van der Waals surface area contributed by atoms with Crippen LogP contribution in [0.15, 0.2) is 54.9 Å². The molecule has 1 aliphatic rings. The molecule has 1 aliphatic carbocycles. The van der Waals surface area contributed by atoms with E-state index in [2.05, 4.69) is 4.98 Å². The van der Waals surface area contributed by atoms with Crippen LogP contribution in [0.25, 0.3) is 21.3 Å². The summed E-state index contributed by atoms with van der Waals surface area (Å²) in [6.07, 6.45) is 6.66. The molecule has 3 heterocycles. The summed E-state index contributed by atoms with van der Waals surface area (Å²) in [4.78, 5) is 23.5. The summed E-state index contributed by atoms with van der Waals surface area (Å²) in [5.41, 5.74) is 12.3. The monoisotopic (exact) mass is 371 g/mol. The number of rotatable bonds is 3. The quantitative estimate of drug-likeness (QED) is 0.532. The van der Waals surface area contributed by atoms with Crippen LogP contribution in [-0.2, 0) is 12.8 Å². The van der Waals surface area contributed by atoms with Gasteiger partial charge in [0.05, 0.1) is 5.69 Å². The van der Waals surface area contributed by atoms with Crippen molar-refractivity contribution in [3.05, 3.63) is 76.6 Å². The second kappa shape index (κ2) is 6.28. The summed E-state index contributed by atoms with van der Waals surface area (Å²) in [7, 11) is 0. The molecule has 27 heavy (non-hydrogen) atoms. The summed E-state index contributed by atoms with van der Waals surface area (Å²) in [6.45, 7) is 0. The van der Waals surface area contributed by atoms with Crippen LogP contribution in [0.5, 0.6) is 0 Å². The van der Waals surface area contributed by atoms with Gasteiger partial charge in [-0.15, -0.1) is 11.3 Å².